The molecule has 10 heteroatoms. The molecule has 0 saturated carbocycles. The zero-order chi connectivity index (χ0) is 24.1. The molecule has 176 valence electrons. The van der Waals surface area contributed by atoms with Crippen molar-refractivity contribution < 1.29 is 13.5 Å². The Kier molecular flexibility index (Phi) is 5.69. The number of hydrogen-bond donors (Lipinski definition) is 0. The summed E-state index contributed by atoms with van der Waals surface area (Å²) in [6.07, 6.45) is 6.26. The van der Waals surface area contributed by atoms with Gasteiger partial charge in [-0.15, -0.1) is 0 Å². The van der Waals surface area contributed by atoms with Crippen LogP contribution in [-0.4, -0.2) is 30.3 Å². The lowest BCUT2D eigenvalue weighted by molar-refractivity contribution is -0.0506. The molecule has 0 aliphatic carbocycles. The van der Waals surface area contributed by atoms with Crippen molar-refractivity contribution in [2.24, 2.45) is 7.05 Å². The number of benzene rings is 1. The minimum Gasteiger partial charge on any atom is -0.370 e. The van der Waals surface area contributed by atoms with E-state index in [1.807, 2.05) is 20.2 Å². The summed E-state index contributed by atoms with van der Waals surface area (Å²) in [4.78, 5) is 22.2. The lowest BCUT2D eigenvalue weighted by Crippen LogP contribution is -2.27. The van der Waals surface area contributed by atoms with Crippen LogP contribution in [-0.2, 0) is 11.8 Å². The third-order valence-corrected chi connectivity index (χ3v) is 6.59. The third kappa shape index (κ3) is 3.99. The summed E-state index contributed by atoms with van der Waals surface area (Å²) in [7, 11) is 1.84. The quantitative estimate of drug-likeness (QED) is 0.418. The van der Waals surface area contributed by atoms with Gasteiger partial charge in [-0.1, -0.05) is 11.6 Å². The van der Waals surface area contributed by atoms with E-state index in [2.05, 4.69) is 10.1 Å². The average Bonchev–Trinajstić information content (AvgIpc) is 3.23. The second-order valence-electron chi connectivity index (χ2n) is 8.70. The van der Waals surface area contributed by atoms with E-state index >= 15 is 0 Å². The fraction of sp³-hybridized carbons (Fsp3) is 0.333. The molecule has 7 nitrogen and oxygen atoms in total. The standard InChI is InChI=1S/C24H22ClF2N5O2/c1-12-6-14(7-20(34-12)15-9-28-31(3)10-15)19-11-32-23(29-13(2)21(25)24(32)33)22(30-19)17-5-4-16(26)8-18(17)27/h4-5,8-12,14,20H,6-7H2,1-3H3/t12-,14-,20+/m1/s1. The van der Waals surface area contributed by atoms with Crippen LogP contribution >= 0.6 is 11.6 Å². The molecule has 0 spiro atoms. The topological polar surface area (TPSA) is 74.3 Å². The van der Waals surface area contributed by atoms with Crippen molar-refractivity contribution in [3.8, 4) is 11.3 Å². The average molecular weight is 486 g/mol. The van der Waals surface area contributed by atoms with Crippen LogP contribution in [0.1, 0.15) is 48.7 Å². The Morgan fingerprint density at radius 2 is 1.97 bits per heavy atom. The van der Waals surface area contributed by atoms with E-state index in [-0.39, 0.29) is 40.1 Å². The van der Waals surface area contributed by atoms with Crippen molar-refractivity contribution in [3.05, 3.63) is 80.8 Å². The molecule has 0 radical (unpaired) electrons. The first-order valence-electron chi connectivity index (χ1n) is 10.9. The molecule has 0 N–H and O–H groups in total. The monoisotopic (exact) mass is 485 g/mol. The predicted molar refractivity (Wildman–Crippen MR) is 123 cm³/mol. The highest BCUT2D eigenvalue weighted by Gasteiger charge is 2.32. The van der Waals surface area contributed by atoms with Crippen molar-refractivity contribution >= 4 is 17.2 Å². The van der Waals surface area contributed by atoms with Gasteiger partial charge < -0.3 is 4.74 Å². The molecule has 0 bridgehead atoms. The number of nitrogens with zero attached hydrogens (tertiary/aromatic N) is 5. The number of aromatic nitrogens is 5. The SMILES string of the molecule is Cc1nc2c(-c3ccc(F)cc3F)nc([C@@H]3C[C@@H](C)O[C@H](c4cnn(C)c4)C3)cn2c(=O)c1Cl. The molecule has 4 heterocycles. The van der Waals surface area contributed by atoms with Crippen molar-refractivity contribution in [2.75, 3.05) is 0 Å². The highest BCUT2D eigenvalue weighted by molar-refractivity contribution is 6.31. The van der Waals surface area contributed by atoms with Gasteiger partial charge in [0, 0.05) is 42.6 Å². The van der Waals surface area contributed by atoms with Crippen LogP contribution in [0, 0.1) is 18.6 Å². The normalized spacial score (nSPS) is 20.7. The van der Waals surface area contributed by atoms with Crippen LogP contribution in [0.25, 0.3) is 16.9 Å². The van der Waals surface area contributed by atoms with Gasteiger partial charge in [0.2, 0.25) is 0 Å². The first-order chi connectivity index (χ1) is 16.2. The van der Waals surface area contributed by atoms with Crippen molar-refractivity contribution in [2.45, 2.75) is 44.8 Å². The smallest absolute Gasteiger partial charge is 0.277 e. The van der Waals surface area contributed by atoms with Gasteiger partial charge in [0.1, 0.15) is 22.4 Å². The molecule has 34 heavy (non-hydrogen) atoms. The molecule has 1 aromatic carbocycles. The summed E-state index contributed by atoms with van der Waals surface area (Å²) in [6.45, 7) is 3.58. The van der Waals surface area contributed by atoms with E-state index < -0.39 is 17.2 Å². The van der Waals surface area contributed by atoms with Crippen LogP contribution in [0.5, 0.6) is 0 Å². The maximum absolute atomic E-state index is 14.8. The Labute approximate surface area is 199 Å². The molecule has 1 aliphatic rings. The summed E-state index contributed by atoms with van der Waals surface area (Å²) in [5.41, 5.74) is 1.73. The van der Waals surface area contributed by atoms with E-state index in [9.17, 15) is 13.6 Å². The summed E-state index contributed by atoms with van der Waals surface area (Å²) in [5.74, 6) is -1.58. The summed E-state index contributed by atoms with van der Waals surface area (Å²) in [5, 5.41) is 4.22. The zero-order valence-corrected chi connectivity index (χ0v) is 19.6. The van der Waals surface area contributed by atoms with Gasteiger partial charge in [-0.25, -0.2) is 18.7 Å². The van der Waals surface area contributed by atoms with E-state index in [1.54, 1.807) is 24.0 Å². The van der Waals surface area contributed by atoms with Crippen LogP contribution in [0.3, 0.4) is 0 Å². The molecule has 0 amide bonds. The fourth-order valence-corrected chi connectivity index (χ4v) is 4.65. The summed E-state index contributed by atoms with van der Waals surface area (Å²) < 4.78 is 37.6. The minimum atomic E-state index is -0.790. The fourth-order valence-electron chi connectivity index (χ4n) is 4.51. The Morgan fingerprint density at radius 1 is 1.18 bits per heavy atom. The molecular formula is C24H22ClF2N5O2. The van der Waals surface area contributed by atoms with Gasteiger partial charge in [0.05, 0.1) is 29.8 Å². The van der Waals surface area contributed by atoms with Crippen LogP contribution < -0.4 is 5.56 Å². The largest absolute Gasteiger partial charge is 0.370 e. The number of hydrogen-bond acceptors (Lipinski definition) is 5. The third-order valence-electron chi connectivity index (χ3n) is 6.15. The molecule has 0 unspecified atom stereocenters. The van der Waals surface area contributed by atoms with Gasteiger partial charge in [-0.2, -0.15) is 5.10 Å². The molecule has 5 rings (SSSR count). The van der Waals surface area contributed by atoms with E-state index in [1.165, 1.54) is 10.5 Å². The Hall–Kier alpha value is -3.17. The van der Waals surface area contributed by atoms with Gasteiger partial charge >= 0.3 is 0 Å². The predicted octanol–water partition coefficient (Wildman–Crippen LogP) is 4.75. The van der Waals surface area contributed by atoms with Crippen molar-refractivity contribution in [1.82, 2.24) is 24.1 Å². The number of rotatable bonds is 3. The molecule has 1 saturated heterocycles. The second-order valence-corrected chi connectivity index (χ2v) is 9.08. The van der Waals surface area contributed by atoms with Gasteiger partial charge in [-0.3, -0.25) is 13.9 Å². The Bertz CT molecular complexity index is 1470. The van der Waals surface area contributed by atoms with Crippen LogP contribution in [0.4, 0.5) is 8.78 Å². The second kappa shape index (κ2) is 8.56. The molecule has 1 aliphatic heterocycles. The lowest BCUT2D eigenvalue weighted by atomic mass is 9.87. The van der Waals surface area contributed by atoms with Gasteiger partial charge in [-0.05, 0) is 38.8 Å². The maximum atomic E-state index is 14.8. The molecule has 3 aromatic heterocycles. The number of fused-ring (bicyclic) bond motifs is 1. The number of aryl methyl sites for hydroxylation is 2. The molecule has 3 atom stereocenters. The highest BCUT2D eigenvalue weighted by Crippen LogP contribution is 2.40. The number of halogens is 3. The molecule has 4 aromatic rings. The summed E-state index contributed by atoms with van der Waals surface area (Å²) in [6, 6.07) is 3.24. The minimum absolute atomic E-state index is 0.0197. The molecule has 1 fully saturated rings. The van der Waals surface area contributed by atoms with E-state index in [0.717, 1.165) is 17.7 Å². The van der Waals surface area contributed by atoms with Crippen LogP contribution in [0.15, 0.2) is 41.6 Å². The Balaban J connectivity index is 1.69. The van der Waals surface area contributed by atoms with Crippen LogP contribution in [0.2, 0.25) is 5.02 Å². The first-order valence-corrected chi connectivity index (χ1v) is 11.3. The number of ether oxygens (including phenoxy) is 1. The van der Waals surface area contributed by atoms with Crippen molar-refractivity contribution in [1.29, 1.82) is 0 Å². The van der Waals surface area contributed by atoms with Gasteiger partial charge in [0.15, 0.2) is 5.65 Å². The first kappa shape index (κ1) is 22.6. The summed E-state index contributed by atoms with van der Waals surface area (Å²) >= 11 is 6.20. The van der Waals surface area contributed by atoms with Crippen molar-refractivity contribution in [3.63, 3.8) is 0 Å². The van der Waals surface area contributed by atoms with E-state index in [0.29, 0.717) is 24.2 Å². The lowest BCUT2D eigenvalue weighted by Gasteiger charge is -2.33. The zero-order valence-electron chi connectivity index (χ0n) is 18.8. The maximum Gasteiger partial charge on any atom is 0.277 e. The Morgan fingerprint density at radius 3 is 2.68 bits per heavy atom. The molecular weight excluding hydrogens is 464 g/mol. The van der Waals surface area contributed by atoms with Gasteiger partial charge in [0.25, 0.3) is 5.56 Å². The van der Waals surface area contributed by atoms with E-state index in [4.69, 9.17) is 21.3 Å². The highest BCUT2D eigenvalue weighted by atomic mass is 35.5.